The van der Waals surface area contributed by atoms with E-state index >= 15 is 0 Å². The van der Waals surface area contributed by atoms with Gasteiger partial charge in [0, 0.05) is 21.8 Å². The van der Waals surface area contributed by atoms with Crippen molar-refractivity contribution >= 4 is 29.1 Å². The smallest absolute Gasteiger partial charge is 0.247 e. The number of aromatic nitrogens is 3. The van der Waals surface area contributed by atoms with Crippen LogP contribution in [0.1, 0.15) is 24.5 Å². The number of thioether (sulfide) groups is 1. The molecule has 0 bridgehead atoms. The Morgan fingerprint density at radius 1 is 1.03 bits per heavy atom. The van der Waals surface area contributed by atoms with Crippen molar-refractivity contribution in [3.8, 4) is 28.5 Å². The Morgan fingerprint density at radius 2 is 1.87 bits per heavy atom. The van der Waals surface area contributed by atoms with Crippen molar-refractivity contribution in [2.24, 2.45) is 0 Å². The van der Waals surface area contributed by atoms with Crippen molar-refractivity contribution in [3.05, 3.63) is 70.9 Å². The molecule has 0 radical (unpaired) electrons. The summed E-state index contributed by atoms with van der Waals surface area (Å²) in [5.41, 5.74) is 4.26. The molecule has 2 aromatic carbocycles. The molecule has 8 heteroatoms. The molecule has 0 amide bonds. The average molecular weight is 451 g/mol. The van der Waals surface area contributed by atoms with Crippen molar-refractivity contribution in [3.63, 3.8) is 0 Å². The van der Waals surface area contributed by atoms with Gasteiger partial charge in [-0.15, -0.1) is 10.2 Å². The van der Waals surface area contributed by atoms with Crippen LogP contribution in [0.3, 0.4) is 0 Å². The van der Waals surface area contributed by atoms with Crippen molar-refractivity contribution in [1.82, 2.24) is 15.2 Å². The van der Waals surface area contributed by atoms with Gasteiger partial charge in [-0.3, -0.25) is 0 Å². The van der Waals surface area contributed by atoms with Crippen LogP contribution in [0.2, 0.25) is 5.02 Å². The van der Waals surface area contributed by atoms with E-state index in [9.17, 15) is 0 Å². The van der Waals surface area contributed by atoms with Crippen molar-refractivity contribution in [2.75, 3.05) is 11.1 Å². The molecular formula is C23H19ClN4O2S. The van der Waals surface area contributed by atoms with Crippen molar-refractivity contribution in [2.45, 2.75) is 25.2 Å². The van der Waals surface area contributed by atoms with E-state index in [1.165, 1.54) is 11.8 Å². The maximum absolute atomic E-state index is 6.29. The van der Waals surface area contributed by atoms with Crippen LogP contribution in [0.4, 0.5) is 5.69 Å². The van der Waals surface area contributed by atoms with E-state index in [2.05, 4.69) is 20.5 Å². The van der Waals surface area contributed by atoms with Gasteiger partial charge in [0.2, 0.25) is 17.3 Å². The highest BCUT2D eigenvalue weighted by Gasteiger charge is 2.28. The number of benzene rings is 2. The number of halogens is 1. The van der Waals surface area contributed by atoms with E-state index in [-0.39, 0.29) is 0 Å². The maximum atomic E-state index is 6.29. The van der Waals surface area contributed by atoms with Crippen LogP contribution in [0.25, 0.3) is 22.6 Å². The van der Waals surface area contributed by atoms with Crippen molar-refractivity contribution < 1.29 is 9.15 Å². The van der Waals surface area contributed by atoms with Crippen LogP contribution in [-0.4, -0.2) is 20.9 Å². The first kappa shape index (κ1) is 19.9. The molecule has 1 aliphatic heterocycles. The SMILES string of the molecule is CCSc1nnc2c(n1)O[C@@H](c1ccc(-c3cccc(Cl)c3C)o1)Nc1ccccc1-2. The molecule has 3 heterocycles. The Kier molecular flexibility index (Phi) is 5.29. The second kappa shape index (κ2) is 8.24. The van der Waals surface area contributed by atoms with E-state index in [4.69, 9.17) is 20.8 Å². The Hall–Kier alpha value is -3.03. The second-order valence-electron chi connectivity index (χ2n) is 6.98. The molecule has 0 spiro atoms. The summed E-state index contributed by atoms with van der Waals surface area (Å²) in [6.45, 7) is 4.02. The summed E-state index contributed by atoms with van der Waals surface area (Å²) >= 11 is 7.81. The predicted octanol–water partition coefficient (Wildman–Crippen LogP) is 6.38. The van der Waals surface area contributed by atoms with E-state index < -0.39 is 6.23 Å². The standard InChI is InChI=1S/C23H19ClN4O2S/c1-3-31-23-26-22-20(27-28-23)15-7-4-5-10-17(15)25-21(30-22)19-12-11-18(29-19)14-8-6-9-16(24)13(14)2/h4-12,21,25H,3H2,1-2H3/t21-/m0/s1. The van der Waals surface area contributed by atoms with Crippen LogP contribution < -0.4 is 10.1 Å². The largest absolute Gasteiger partial charge is 0.455 e. The molecule has 1 N–H and O–H groups in total. The summed E-state index contributed by atoms with van der Waals surface area (Å²) in [7, 11) is 0. The highest BCUT2D eigenvalue weighted by atomic mass is 35.5. The van der Waals surface area contributed by atoms with E-state index in [0.717, 1.165) is 33.9 Å². The quantitative estimate of drug-likeness (QED) is 0.362. The van der Waals surface area contributed by atoms with Crippen LogP contribution >= 0.6 is 23.4 Å². The summed E-state index contributed by atoms with van der Waals surface area (Å²) in [6.07, 6.45) is -0.577. The van der Waals surface area contributed by atoms with Gasteiger partial charge >= 0.3 is 0 Å². The molecule has 0 saturated carbocycles. The lowest BCUT2D eigenvalue weighted by Gasteiger charge is -2.16. The third kappa shape index (κ3) is 3.75. The summed E-state index contributed by atoms with van der Waals surface area (Å²) in [4.78, 5) is 4.60. The van der Waals surface area contributed by atoms with Gasteiger partial charge in [0.25, 0.3) is 0 Å². The Morgan fingerprint density at radius 3 is 2.74 bits per heavy atom. The highest BCUT2D eigenvalue weighted by molar-refractivity contribution is 7.99. The number of furan rings is 1. The first-order valence-electron chi connectivity index (χ1n) is 9.89. The Bertz CT molecular complexity index is 1260. The number of para-hydroxylation sites is 1. The van der Waals surface area contributed by atoms with Gasteiger partial charge in [0.15, 0.2) is 11.5 Å². The number of hydrogen-bond donors (Lipinski definition) is 1. The number of ether oxygens (including phenoxy) is 1. The summed E-state index contributed by atoms with van der Waals surface area (Å²) in [5, 5.41) is 13.3. The highest BCUT2D eigenvalue weighted by Crippen LogP contribution is 2.40. The zero-order valence-electron chi connectivity index (χ0n) is 16.9. The molecule has 4 aromatic rings. The zero-order valence-corrected chi connectivity index (χ0v) is 18.5. The molecule has 31 heavy (non-hydrogen) atoms. The van der Waals surface area contributed by atoms with Crippen LogP contribution in [0.15, 0.2) is 64.2 Å². The first-order chi connectivity index (χ1) is 15.1. The first-order valence-corrected chi connectivity index (χ1v) is 11.3. The van der Waals surface area contributed by atoms with Crippen LogP contribution in [0.5, 0.6) is 5.88 Å². The number of hydrogen-bond acceptors (Lipinski definition) is 7. The zero-order chi connectivity index (χ0) is 21.4. The third-order valence-electron chi connectivity index (χ3n) is 5.03. The van der Waals surface area contributed by atoms with E-state index in [0.29, 0.717) is 27.5 Å². The fourth-order valence-corrected chi connectivity index (χ4v) is 4.16. The maximum Gasteiger partial charge on any atom is 0.247 e. The monoisotopic (exact) mass is 450 g/mol. The molecule has 0 fully saturated rings. The lowest BCUT2D eigenvalue weighted by molar-refractivity contribution is 0.196. The van der Waals surface area contributed by atoms with Gasteiger partial charge in [-0.05, 0) is 42.5 Å². The molecule has 0 saturated heterocycles. The number of rotatable bonds is 4. The molecule has 6 nitrogen and oxygen atoms in total. The number of fused-ring (bicyclic) bond motifs is 3. The van der Waals surface area contributed by atoms with E-state index in [1.807, 2.05) is 68.4 Å². The van der Waals surface area contributed by atoms with Gasteiger partial charge in [0.05, 0.1) is 0 Å². The van der Waals surface area contributed by atoms with Gasteiger partial charge in [-0.1, -0.05) is 60.6 Å². The van der Waals surface area contributed by atoms with Crippen LogP contribution in [0, 0.1) is 6.92 Å². The Labute approximate surface area is 189 Å². The molecule has 0 unspecified atom stereocenters. The minimum absolute atomic E-state index is 0.422. The van der Waals surface area contributed by atoms with Gasteiger partial charge in [-0.2, -0.15) is 4.98 Å². The fourth-order valence-electron chi connectivity index (χ4n) is 3.48. The summed E-state index contributed by atoms with van der Waals surface area (Å²) < 4.78 is 12.5. The topological polar surface area (TPSA) is 73.1 Å². The summed E-state index contributed by atoms with van der Waals surface area (Å²) in [5.74, 6) is 2.62. The molecule has 1 aliphatic rings. The molecule has 1 atom stereocenters. The molecule has 156 valence electrons. The van der Waals surface area contributed by atoms with Crippen molar-refractivity contribution in [1.29, 1.82) is 0 Å². The minimum atomic E-state index is -0.577. The lowest BCUT2D eigenvalue weighted by Crippen LogP contribution is -2.16. The third-order valence-corrected chi connectivity index (χ3v) is 6.15. The number of anilines is 1. The normalized spacial score (nSPS) is 14.7. The molecule has 0 aliphatic carbocycles. The number of nitrogens with zero attached hydrogens (tertiary/aromatic N) is 3. The second-order valence-corrected chi connectivity index (χ2v) is 8.62. The Balaban J connectivity index is 1.56. The minimum Gasteiger partial charge on any atom is -0.455 e. The molecule has 2 aromatic heterocycles. The molecular weight excluding hydrogens is 432 g/mol. The fraction of sp³-hybridized carbons (Fsp3) is 0.174. The van der Waals surface area contributed by atoms with Gasteiger partial charge < -0.3 is 14.5 Å². The number of nitrogens with one attached hydrogen (secondary N) is 1. The van der Waals surface area contributed by atoms with E-state index in [1.54, 1.807) is 0 Å². The van der Waals surface area contributed by atoms with Crippen LogP contribution in [-0.2, 0) is 0 Å². The average Bonchev–Trinajstić information content (AvgIpc) is 3.20. The van der Waals surface area contributed by atoms with Gasteiger partial charge in [0.1, 0.15) is 5.76 Å². The predicted molar refractivity (Wildman–Crippen MR) is 123 cm³/mol. The summed E-state index contributed by atoms with van der Waals surface area (Å²) in [6, 6.07) is 17.4. The lowest BCUT2D eigenvalue weighted by atomic mass is 10.1. The van der Waals surface area contributed by atoms with Gasteiger partial charge in [-0.25, -0.2) is 0 Å². The molecule has 5 rings (SSSR count).